The Kier molecular flexibility index (Phi) is 3.07. The minimum absolute atomic E-state index is 0.466. The van der Waals surface area contributed by atoms with Gasteiger partial charge in [0.1, 0.15) is 0 Å². The molecule has 0 saturated heterocycles. The van der Waals surface area contributed by atoms with Crippen molar-refractivity contribution in [1.82, 2.24) is 5.01 Å². The van der Waals surface area contributed by atoms with Gasteiger partial charge in [0.05, 0.1) is 5.70 Å². The fourth-order valence-electron chi connectivity index (χ4n) is 0.979. The Hall–Kier alpha value is -1.31. The van der Waals surface area contributed by atoms with Gasteiger partial charge in [0.2, 0.25) is 0 Å². The van der Waals surface area contributed by atoms with E-state index in [9.17, 15) is 0 Å². The van der Waals surface area contributed by atoms with Gasteiger partial charge in [0.15, 0.2) is 0 Å². The summed E-state index contributed by atoms with van der Waals surface area (Å²) in [7, 11) is 0. The summed E-state index contributed by atoms with van der Waals surface area (Å²) in [6.45, 7) is 10.2. The van der Waals surface area contributed by atoms with Crippen molar-refractivity contribution in [2.24, 2.45) is 11.0 Å². The molecule has 0 radical (unpaired) electrons. The fraction of sp³-hybridized carbons (Fsp3) is 0.364. The van der Waals surface area contributed by atoms with Crippen LogP contribution >= 0.6 is 0 Å². The Bertz CT molecular complexity index is 282. The number of rotatable bonds is 2. The number of hydrogen-bond donors (Lipinski definition) is 0. The molecule has 0 fully saturated rings. The minimum Gasteiger partial charge on any atom is -0.242 e. The zero-order valence-electron chi connectivity index (χ0n) is 8.49. The summed E-state index contributed by atoms with van der Waals surface area (Å²) in [4.78, 5) is 0. The van der Waals surface area contributed by atoms with E-state index in [1.165, 1.54) is 5.57 Å². The van der Waals surface area contributed by atoms with E-state index in [4.69, 9.17) is 0 Å². The molecule has 0 N–H and O–H groups in total. The van der Waals surface area contributed by atoms with Gasteiger partial charge in [-0.25, -0.2) is 5.01 Å². The van der Waals surface area contributed by atoms with Crippen molar-refractivity contribution in [2.45, 2.75) is 20.8 Å². The highest BCUT2D eigenvalue weighted by Gasteiger charge is 2.03. The second kappa shape index (κ2) is 4.08. The van der Waals surface area contributed by atoms with Gasteiger partial charge in [0, 0.05) is 12.4 Å². The Morgan fingerprint density at radius 2 is 2.23 bits per heavy atom. The van der Waals surface area contributed by atoms with Crippen LogP contribution in [0.1, 0.15) is 20.8 Å². The van der Waals surface area contributed by atoms with Gasteiger partial charge in [-0.05, 0) is 30.6 Å². The molecule has 0 aromatic heterocycles. The number of allylic oxidation sites excluding steroid dienone is 3. The zero-order valence-corrected chi connectivity index (χ0v) is 8.49. The highest BCUT2D eigenvalue weighted by molar-refractivity contribution is 5.59. The van der Waals surface area contributed by atoms with Crippen molar-refractivity contribution in [2.75, 3.05) is 0 Å². The van der Waals surface area contributed by atoms with E-state index in [-0.39, 0.29) is 0 Å². The van der Waals surface area contributed by atoms with E-state index >= 15 is 0 Å². The molecule has 0 saturated carbocycles. The monoisotopic (exact) mass is 176 g/mol. The van der Waals surface area contributed by atoms with Gasteiger partial charge >= 0.3 is 0 Å². The third kappa shape index (κ3) is 2.90. The second-order valence-electron chi connectivity index (χ2n) is 3.55. The molecular weight excluding hydrogens is 160 g/mol. The minimum atomic E-state index is 0.466. The lowest BCUT2D eigenvalue weighted by molar-refractivity contribution is 0.509. The Labute approximate surface area is 79.9 Å². The van der Waals surface area contributed by atoms with Crippen molar-refractivity contribution < 1.29 is 0 Å². The number of hydrogen-bond acceptors (Lipinski definition) is 2. The van der Waals surface area contributed by atoms with E-state index in [0.717, 1.165) is 5.70 Å². The maximum atomic E-state index is 4.28. The molecule has 0 atom stereocenters. The van der Waals surface area contributed by atoms with Crippen LogP contribution in [-0.2, 0) is 0 Å². The molecule has 0 amide bonds. The Balaban J connectivity index is 2.65. The average Bonchev–Trinajstić information content (AvgIpc) is 2.02. The maximum absolute atomic E-state index is 4.28. The molecule has 1 rings (SSSR count). The topological polar surface area (TPSA) is 15.6 Å². The molecule has 0 aliphatic carbocycles. The molecule has 1 aliphatic rings. The molecular formula is C11H16N2. The highest BCUT2D eigenvalue weighted by Crippen LogP contribution is 2.14. The average molecular weight is 176 g/mol. The predicted octanol–water partition coefficient (Wildman–Crippen LogP) is 2.92. The Morgan fingerprint density at radius 1 is 1.54 bits per heavy atom. The van der Waals surface area contributed by atoms with Crippen LogP contribution in [0.4, 0.5) is 0 Å². The van der Waals surface area contributed by atoms with Gasteiger partial charge in [-0.3, -0.25) is 0 Å². The van der Waals surface area contributed by atoms with Crippen molar-refractivity contribution >= 4 is 6.21 Å². The van der Waals surface area contributed by atoms with Gasteiger partial charge in [-0.1, -0.05) is 20.4 Å². The second-order valence-corrected chi connectivity index (χ2v) is 3.55. The van der Waals surface area contributed by atoms with Crippen LogP contribution in [0.3, 0.4) is 0 Å². The lowest BCUT2D eigenvalue weighted by atomic mass is 10.2. The first kappa shape index (κ1) is 9.78. The molecule has 0 unspecified atom stereocenters. The fourth-order valence-corrected chi connectivity index (χ4v) is 0.979. The van der Waals surface area contributed by atoms with Gasteiger partial charge in [0.25, 0.3) is 0 Å². The molecule has 0 aromatic carbocycles. The lowest BCUT2D eigenvalue weighted by Gasteiger charge is -2.18. The molecule has 1 heterocycles. The summed E-state index contributed by atoms with van der Waals surface area (Å²) in [5, 5.41) is 6.06. The van der Waals surface area contributed by atoms with E-state index < -0.39 is 0 Å². The first-order valence-corrected chi connectivity index (χ1v) is 4.48. The first-order valence-electron chi connectivity index (χ1n) is 4.48. The SMILES string of the molecule is C=C1C=C(C)C=CN1/N=C\C(C)C. The molecule has 0 aromatic rings. The summed E-state index contributed by atoms with van der Waals surface area (Å²) < 4.78 is 0. The number of nitrogens with zero attached hydrogens (tertiary/aromatic N) is 2. The van der Waals surface area contributed by atoms with E-state index in [2.05, 4.69) is 25.5 Å². The maximum Gasteiger partial charge on any atom is 0.0576 e. The zero-order chi connectivity index (χ0) is 9.84. The summed E-state index contributed by atoms with van der Waals surface area (Å²) in [6, 6.07) is 0. The summed E-state index contributed by atoms with van der Waals surface area (Å²) in [6.07, 6.45) is 7.87. The summed E-state index contributed by atoms with van der Waals surface area (Å²) >= 11 is 0. The van der Waals surface area contributed by atoms with E-state index in [1.54, 1.807) is 5.01 Å². The van der Waals surface area contributed by atoms with Crippen molar-refractivity contribution in [3.8, 4) is 0 Å². The molecule has 13 heavy (non-hydrogen) atoms. The molecule has 0 spiro atoms. The van der Waals surface area contributed by atoms with Crippen LogP contribution in [-0.4, -0.2) is 11.2 Å². The van der Waals surface area contributed by atoms with Crippen LogP contribution in [0, 0.1) is 5.92 Å². The van der Waals surface area contributed by atoms with Gasteiger partial charge in [-0.15, -0.1) is 0 Å². The summed E-state index contributed by atoms with van der Waals surface area (Å²) in [5.41, 5.74) is 2.12. The van der Waals surface area contributed by atoms with Gasteiger partial charge < -0.3 is 0 Å². The van der Waals surface area contributed by atoms with Crippen LogP contribution in [0.5, 0.6) is 0 Å². The third-order valence-corrected chi connectivity index (χ3v) is 1.66. The van der Waals surface area contributed by atoms with Crippen molar-refractivity contribution in [1.29, 1.82) is 0 Å². The molecule has 70 valence electrons. The van der Waals surface area contributed by atoms with Crippen LogP contribution in [0.15, 0.2) is 41.3 Å². The van der Waals surface area contributed by atoms with E-state index in [0.29, 0.717) is 5.92 Å². The largest absolute Gasteiger partial charge is 0.242 e. The lowest BCUT2D eigenvalue weighted by Crippen LogP contribution is -2.11. The van der Waals surface area contributed by atoms with Crippen LogP contribution < -0.4 is 0 Å². The molecule has 2 nitrogen and oxygen atoms in total. The Morgan fingerprint density at radius 3 is 2.77 bits per heavy atom. The third-order valence-electron chi connectivity index (χ3n) is 1.66. The molecule has 2 heteroatoms. The number of hydrazone groups is 1. The van der Waals surface area contributed by atoms with E-state index in [1.807, 2.05) is 31.5 Å². The normalized spacial score (nSPS) is 17.4. The van der Waals surface area contributed by atoms with Crippen molar-refractivity contribution in [3.63, 3.8) is 0 Å². The van der Waals surface area contributed by atoms with Crippen molar-refractivity contribution in [3.05, 3.63) is 36.2 Å². The molecule has 1 aliphatic heterocycles. The van der Waals surface area contributed by atoms with Gasteiger partial charge in [-0.2, -0.15) is 5.10 Å². The van der Waals surface area contributed by atoms with Crippen LogP contribution in [0.25, 0.3) is 0 Å². The quantitative estimate of drug-likeness (QED) is 0.591. The highest BCUT2D eigenvalue weighted by atomic mass is 15.4. The smallest absolute Gasteiger partial charge is 0.0576 e. The standard InChI is InChI=1S/C11H16N2/c1-9(2)8-12-13-6-5-10(3)7-11(13)4/h5-9H,4H2,1-3H3/b12-8-. The van der Waals surface area contributed by atoms with Crippen LogP contribution in [0.2, 0.25) is 0 Å². The molecule has 0 bridgehead atoms. The summed E-state index contributed by atoms with van der Waals surface area (Å²) in [5.74, 6) is 0.466. The first-order chi connectivity index (χ1) is 6.09. The predicted molar refractivity (Wildman–Crippen MR) is 57.2 cm³/mol.